The predicted octanol–water partition coefficient (Wildman–Crippen LogP) is 3.73. The van der Waals surface area contributed by atoms with Gasteiger partial charge in [0.05, 0.1) is 24.1 Å². The largest absolute Gasteiger partial charge is 0.411 e. The van der Waals surface area contributed by atoms with Crippen molar-refractivity contribution < 1.29 is 9.94 Å². The highest BCUT2D eigenvalue weighted by Crippen LogP contribution is 2.25. The summed E-state index contributed by atoms with van der Waals surface area (Å²) in [4.78, 5) is 4.63. The number of aromatic nitrogens is 1. The molecule has 106 valence electrons. The van der Waals surface area contributed by atoms with Gasteiger partial charge < -0.3 is 9.94 Å². The maximum absolute atomic E-state index is 8.70. The summed E-state index contributed by atoms with van der Waals surface area (Å²) < 4.78 is 5.90. The molecule has 1 aromatic heterocycles. The third kappa shape index (κ3) is 4.01. The lowest BCUT2D eigenvalue weighted by atomic mass is 9.93. The van der Waals surface area contributed by atoms with Crippen molar-refractivity contribution in [3.05, 3.63) is 16.1 Å². The van der Waals surface area contributed by atoms with E-state index in [2.05, 4.69) is 36.3 Å². The van der Waals surface area contributed by atoms with Crippen LogP contribution in [0.3, 0.4) is 0 Å². The summed E-state index contributed by atoms with van der Waals surface area (Å²) in [6.07, 6.45) is 3.83. The zero-order valence-electron chi connectivity index (χ0n) is 11.8. The van der Waals surface area contributed by atoms with Crippen LogP contribution in [0.5, 0.6) is 0 Å². The number of hydrogen-bond donors (Lipinski definition) is 1. The van der Waals surface area contributed by atoms with E-state index in [9.17, 15) is 0 Å². The first-order valence-electron chi connectivity index (χ1n) is 6.75. The SMILES string of the molecule is CC(C)(C)c1csc(COC2CCC(=NO)CC2)n1. The second kappa shape index (κ2) is 6.01. The highest BCUT2D eigenvalue weighted by molar-refractivity contribution is 7.09. The molecule has 1 aliphatic carbocycles. The molecule has 0 aliphatic heterocycles. The molecule has 0 spiro atoms. The molecule has 5 heteroatoms. The molecule has 0 aromatic carbocycles. The molecular formula is C14H22N2O2S. The first-order valence-corrected chi connectivity index (χ1v) is 7.63. The molecule has 1 aliphatic rings. The van der Waals surface area contributed by atoms with Crippen LogP contribution < -0.4 is 0 Å². The Morgan fingerprint density at radius 1 is 1.42 bits per heavy atom. The Morgan fingerprint density at radius 3 is 2.63 bits per heavy atom. The molecule has 1 heterocycles. The van der Waals surface area contributed by atoms with Crippen LogP contribution in [0.15, 0.2) is 10.5 Å². The normalized spacial score (nSPS) is 20.6. The van der Waals surface area contributed by atoms with Gasteiger partial charge in [0, 0.05) is 10.8 Å². The van der Waals surface area contributed by atoms with Crippen LogP contribution in [0.25, 0.3) is 0 Å². The summed E-state index contributed by atoms with van der Waals surface area (Å²) in [6.45, 7) is 7.10. The van der Waals surface area contributed by atoms with E-state index in [0.717, 1.165) is 42.1 Å². The molecule has 1 fully saturated rings. The van der Waals surface area contributed by atoms with E-state index in [1.165, 1.54) is 0 Å². The zero-order chi connectivity index (χ0) is 13.9. The van der Waals surface area contributed by atoms with Gasteiger partial charge in [0.15, 0.2) is 0 Å². The maximum atomic E-state index is 8.70. The first kappa shape index (κ1) is 14.5. The number of hydrogen-bond acceptors (Lipinski definition) is 5. The van der Waals surface area contributed by atoms with E-state index < -0.39 is 0 Å². The second-order valence-electron chi connectivity index (χ2n) is 6.05. The van der Waals surface area contributed by atoms with Crippen LogP contribution in [0.2, 0.25) is 0 Å². The van der Waals surface area contributed by atoms with Gasteiger partial charge in [-0.2, -0.15) is 0 Å². The summed E-state index contributed by atoms with van der Waals surface area (Å²) in [5, 5.41) is 15.2. The second-order valence-corrected chi connectivity index (χ2v) is 7.00. The van der Waals surface area contributed by atoms with Crippen molar-refractivity contribution in [3.63, 3.8) is 0 Å². The minimum atomic E-state index is 0.103. The van der Waals surface area contributed by atoms with E-state index >= 15 is 0 Å². The Hall–Kier alpha value is -0.940. The topological polar surface area (TPSA) is 54.7 Å². The van der Waals surface area contributed by atoms with Gasteiger partial charge in [-0.05, 0) is 25.7 Å². The molecule has 0 atom stereocenters. The molecule has 0 radical (unpaired) electrons. The summed E-state index contributed by atoms with van der Waals surface area (Å²) in [5.74, 6) is 0. The van der Waals surface area contributed by atoms with E-state index in [0.29, 0.717) is 6.61 Å². The lowest BCUT2D eigenvalue weighted by Crippen LogP contribution is -2.21. The van der Waals surface area contributed by atoms with E-state index in [1.54, 1.807) is 11.3 Å². The van der Waals surface area contributed by atoms with Gasteiger partial charge in [-0.25, -0.2) is 4.98 Å². The smallest absolute Gasteiger partial charge is 0.119 e. The lowest BCUT2D eigenvalue weighted by molar-refractivity contribution is 0.0275. The van der Waals surface area contributed by atoms with Crippen molar-refractivity contribution in [3.8, 4) is 0 Å². The Balaban J connectivity index is 1.81. The van der Waals surface area contributed by atoms with Crippen LogP contribution in [-0.2, 0) is 16.8 Å². The summed E-state index contributed by atoms with van der Waals surface area (Å²) in [7, 11) is 0. The monoisotopic (exact) mass is 282 g/mol. The van der Waals surface area contributed by atoms with Gasteiger partial charge in [-0.1, -0.05) is 25.9 Å². The summed E-state index contributed by atoms with van der Waals surface area (Å²) >= 11 is 1.67. The zero-order valence-corrected chi connectivity index (χ0v) is 12.7. The van der Waals surface area contributed by atoms with Gasteiger partial charge >= 0.3 is 0 Å². The Kier molecular flexibility index (Phi) is 4.58. The van der Waals surface area contributed by atoms with Crippen molar-refractivity contribution in [2.45, 2.75) is 64.6 Å². The fourth-order valence-corrected chi connectivity index (χ4v) is 3.04. The van der Waals surface area contributed by atoms with Crippen molar-refractivity contribution in [2.24, 2.45) is 5.16 Å². The minimum Gasteiger partial charge on any atom is -0.411 e. The number of rotatable bonds is 3. The van der Waals surface area contributed by atoms with Gasteiger partial charge in [-0.3, -0.25) is 0 Å². The molecule has 4 nitrogen and oxygen atoms in total. The molecule has 0 amide bonds. The van der Waals surface area contributed by atoms with Crippen LogP contribution in [0.4, 0.5) is 0 Å². The predicted molar refractivity (Wildman–Crippen MR) is 77.1 cm³/mol. The highest BCUT2D eigenvalue weighted by atomic mass is 32.1. The number of nitrogens with zero attached hydrogens (tertiary/aromatic N) is 2. The van der Waals surface area contributed by atoms with Crippen LogP contribution in [0, 0.1) is 0 Å². The lowest BCUT2D eigenvalue weighted by Gasteiger charge is -2.22. The Bertz CT molecular complexity index is 439. The van der Waals surface area contributed by atoms with E-state index in [1.807, 2.05) is 0 Å². The standard InChI is InChI=1S/C14H22N2O2S/c1-14(2,3)12-9-19-13(15-12)8-18-11-6-4-10(16-17)5-7-11/h9,11,17H,4-8H2,1-3H3. The average molecular weight is 282 g/mol. The maximum Gasteiger partial charge on any atom is 0.119 e. The Labute approximate surface area is 118 Å². The third-order valence-corrected chi connectivity index (χ3v) is 4.24. The quantitative estimate of drug-likeness (QED) is 0.679. The van der Waals surface area contributed by atoms with Gasteiger partial charge in [0.2, 0.25) is 0 Å². The molecular weight excluding hydrogens is 260 g/mol. The molecule has 1 aromatic rings. The number of oxime groups is 1. The first-order chi connectivity index (χ1) is 8.99. The Morgan fingerprint density at radius 2 is 2.11 bits per heavy atom. The molecule has 19 heavy (non-hydrogen) atoms. The molecule has 0 unspecified atom stereocenters. The van der Waals surface area contributed by atoms with Gasteiger partial charge in [0.1, 0.15) is 5.01 Å². The van der Waals surface area contributed by atoms with Crippen LogP contribution in [-0.4, -0.2) is 22.0 Å². The molecule has 0 saturated heterocycles. The number of ether oxygens (including phenoxy) is 1. The summed E-state index contributed by atoms with van der Waals surface area (Å²) in [5.41, 5.74) is 2.13. The fourth-order valence-electron chi connectivity index (χ4n) is 2.10. The number of thiazole rings is 1. The molecule has 0 bridgehead atoms. The highest BCUT2D eigenvalue weighted by Gasteiger charge is 2.20. The van der Waals surface area contributed by atoms with Crippen LogP contribution >= 0.6 is 11.3 Å². The third-order valence-electron chi connectivity index (χ3n) is 3.41. The van der Waals surface area contributed by atoms with Crippen molar-refractivity contribution >= 4 is 17.0 Å². The van der Waals surface area contributed by atoms with Gasteiger partial charge in [0.25, 0.3) is 0 Å². The van der Waals surface area contributed by atoms with Crippen molar-refractivity contribution in [1.29, 1.82) is 0 Å². The van der Waals surface area contributed by atoms with Gasteiger partial charge in [-0.15, -0.1) is 11.3 Å². The molecule has 1 saturated carbocycles. The molecule has 2 rings (SSSR count). The summed E-state index contributed by atoms with van der Waals surface area (Å²) in [6, 6.07) is 0. The minimum absolute atomic E-state index is 0.103. The fraction of sp³-hybridized carbons (Fsp3) is 0.714. The van der Waals surface area contributed by atoms with Crippen molar-refractivity contribution in [1.82, 2.24) is 4.98 Å². The van der Waals surface area contributed by atoms with Crippen LogP contribution in [0.1, 0.15) is 57.2 Å². The van der Waals surface area contributed by atoms with Crippen molar-refractivity contribution in [2.75, 3.05) is 0 Å². The average Bonchev–Trinajstić information content (AvgIpc) is 2.86. The van der Waals surface area contributed by atoms with E-state index in [4.69, 9.17) is 9.94 Å². The van der Waals surface area contributed by atoms with E-state index in [-0.39, 0.29) is 11.5 Å². The molecule has 1 N–H and O–H groups in total.